The van der Waals surface area contributed by atoms with Crippen molar-refractivity contribution < 1.29 is 4.79 Å². The minimum atomic E-state index is 0.301. The molecule has 2 N–H and O–H groups in total. The van der Waals surface area contributed by atoms with Crippen LogP contribution in [0.2, 0.25) is 0 Å². The highest BCUT2D eigenvalue weighted by molar-refractivity contribution is 5.76. The molecule has 1 aliphatic rings. The van der Waals surface area contributed by atoms with Crippen molar-refractivity contribution in [3.05, 3.63) is 0 Å². The maximum atomic E-state index is 11.9. The fraction of sp³-hybridized carbons (Fsp3) is 0.917. The van der Waals surface area contributed by atoms with Crippen molar-refractivity contribution in [2.45, 2.75) is 25.7 Å². The minimum Gasteiger partial charge on any atom is -0.342 e. The highest BCUT2D eigenvalue weighted by Gasteiger charge is 2.22. The van der Waals surface area contributed by atoms with E-state index in [-0.39, 0.29) is 0 Å². The molecule has 0 aromatic heterocycles. The summed E-state index contributed by atoms with van der Waals surface area (Å²) in [7, 11) is 4.00. The summed E-state index contributed by atoms with van der Waals surface area (Å²) in [5, 5.41) is 0. The smallest absolute Gasteiger partial charge is 0.223 e. The molecule has 0 aromatic carbocycles. The van der Waals surface area contributed by atoms with E-state index in [1.165, 1.54) is 6.42 Å². The van der Waals surface area contributed by atoms with E-state index in [0.29, 0.717) is 18.2 Å². The number of piperidine rings is 1. The normalized spacial score (nSPS) is 21.5. The van der Waals surface area contributed by atoms with Gasteiger partial charge in [0, 0.05) is 26.1 Å². The molecule has 1 rings (SSSR count). The Bertz CT molecular complexity index is 216. The van der Waals surface area contributed by atoms with Gasteiger partial charge in [0.25, 0.3) is 0 Å². The number of carbonyl (C=O) groups is 1. The molecular formula is C12H25N3O. The Morgan fingerprint density at radius 1 is 1.50 bits per heavy atom. The first-order chi connectivity index (χ1) is 7.63. The van der Waals surface area contributed by atoms with Gasteiger partial charge in [-0.25, -0.2) is 0 Å². The van der Waals surface area contributed by atoms with Crippen LogP contribution in [-0.2, 0) is 4.79 Å². The zero-order valence-electron chi connectivity index (χ0n) is 10.6. The summed E-state index contributed by atoms with van der Waals surface area (Å²) in [6.45, 7) is 3.44. The molecule has 0 saturated carbocycles. The van der Waals surface area contributed by atoms with Crippen molar-refractivity contribution in [1.82, 2.24) is 9.80 Å². The summed E-state index contributed by atoms with van der Waals surface area (Å²) in [5.74, 6) is 0.928. The lowest BCUT2D eigenvalue weighted by Crippen LogP contribution is -2.41. The van der Waals surface area contributed by atoms with Gasteiger partial charge in [-0.15, -0.1) is 0 Å². The maximum absolute atomic E-state index is 11.9. The van der Waals surface area contributed by atoms with Gasteiger partial charge in [-0.3, -0.25) is 4.79 Å². The van der Waals surface area contributed by atoms with Crippen molar-refractivity contribution in [2.24, 2.45) is 11.7 Å². The van der Waals surface area contributed by atoms with E-state index in [2.05, 4.69) is 4.90 Å². The summed E-state index contributed by atoms with van der Waals surface area (Å²) in [6, 6.07) is 0. The van der Waals surface area contributed by atoms with Crippen molar-refractivity contribution in [1.29, 1.82) is 0 Å². The van der Waals surface area contributed by atoms with E-state index in [1.807, 2.05) is 19.0 Å². The summed E-state index contributed by atoms with van der Waals surface area (Å²) in [6.07, 6.45) is 4.06. The molecule has 4 nitrogen and oxygen atoms in total. The van der Waals surface area contributed by atoms with Gasteiger partial charge < -0.3 is 15.5 Å². The Morgan fingerprint density at radius 2 is 2.25 bits per heavy atom. The van der Waals surface area contributed by atoms with Crippen LogP contribution >= 0.6 is 0 Å². The largest absolute Gasteiger partial charge is 0.342 e. The number of hydrogen-bond donors (Lipinski definition) is 1. The summed E-state index contributed by atoms with van der Waals surface area (Å²) >= 11 is 0. The third-order valence-electron chi connectivity index (χ3n) is 3.22. The Labute approximate surface area is 98.8 Å². The van der Waals surface area contributed by atoms with Gasteiger partial charge in [0.1, 0.15) is 0 Å². The molecule has 0 spiro atoms. The van der Waals surface area contributed by atoms with Crippen LogP contribution in [0, 0.1) is 5.92 Å². The first-order valence-corrected chi connectivity index (χ1v) is 6.26. The average Bonchev–Trinajstić information content (AvgIpc) is 2.26. The quantitative estimate of drug-likeness (QED) is 0.745. The average molecular weight is 227 g/mol. The van der Waals surface area contributed by atoms with Crippen molar-refractivity contribution in [2.75, 3.05) is 40.3 Å². The maximum Gasteiger partial charge on any atom is 0.223 e. The van der Waals surface area contributed by atoms with Crippen LogP contribution in [0.3, 0.4) is 0 Å². The topological polar surface area (TPSA) is 49.6 Å². The van der Waals surface area contributed by atoms with Crippen LogP contribution in [-0.4, -0.2) is 56.0 Å². The molecular weight excluding hydrogens is 202 g/mol. The van der Waals surface area contributed by atoms with Crippen LogP contribution in [0.4, 0.5) is 0 Å². The summed E-state index contributed by atoms with van der Waals surface area (Å²) in [5.41, 5.74) is 5.57. The molecule has 0 bridgehead atoms. The first kappa shape index (κ1) is 13.5. The molecule has 1 fully saturated rings. The fourth-order valence-corrected chi connectivity index (χ4v) is 2.24. The van der Waals surface area contributed by atoms with E-state index in [1.54, 1.807) is 0 Å². The number of likely N-dealkylation sites (tertiary alicyclic amines) is 1. The van der Waals surface area contributed by atoms with Crippen LogP contribution < -0.4 is 5.73 Å². The van der Waals surface area contributed by atoms with Crippen LogP contribution in [0.1, 0.15) is 25.7 Å². The molecule has 1 unspecified atom stereocenters. The number of rotatable bonds is 5. The van der Waals surface area contributed by atoms with Crippen LogP contribution in [0.15, 0.2) is 0 Å². The zero-order chi connectivity index (χ0) is 12.0. The van der Waals surface area contributed by atoms with E-state index >= 15 is 0 Å². The molecule has 0 aliphatic carbocycles. The number of carbonyl (C=O) groups excluding carboxylic acids is 1. The molecule has 1 atom stereocenters. The lowest BCUT2D eigenvalue weighted by molar-refractivity contribution is -0.133. The fourth-order valence-electron chi connectivity index (χ4n) is 2.24. The molecule has 1 amide bonds. The van der Waals surface area contributed by atoms with Gasteiger partial charge in [-0.1, -0.05) is 0 Å². The number of hydrogen-bond acceptors (Lipinski definition) is 3. The second-order valence-corrected chi connectivity index (χ2v) is 4.98. The van der Waals surface area contributed by atoms with E-state index in [0.717, 1.165) is 39.0 Å². The molecule has 1 aliphatic heterocycles. The number of nitrogens with zero attached hydrogens (tertiary/aromatic N) is 2. The Hall–Kier alpha value is -0.610. The predicted molar refractivity (Wildman–Crippen MR) is 66.1 cm³/mol. The molecule has 1 saturated heterocycles. The van der Waals surface area contributed by atoms with Crippen LogP contribution in [0.25, 0.3) is 0 Å². The summed E-state index contributed by atoms with van der Waals surface area (Å²) in [4.78, 5) is 16.0. The predicted octanol–water partition coefficient (Wildman–Crippen LogP) is 0.526. The lowest BCUT2D eigenvalue weighted by atomic mass is 9.94. The van der Waals surface area contributed by atoms with E-state index < -0.39 is 0 Å². The molecule has 16 heavy (non-hydrogen) atoms. The molecule has 1 heterocycles. The van der Waals surface area contributed by atoms with Gasteiger partial charge in [0.05, 0.1) is 0 Å². The minimum absolute atomic E-state index is 0.301. The van der Waals surface area contributed by atoms with Crippen molar-refractivity contribution in [3.63, 3.8) is 0 Å². The SMILES string of the molecule is CN(C)CCC(=O)N1CCCC(CCN)C1. The van der Waals surface area contributed by atoms with Crippen molar-refractivity contribution in [3.8, 4) is 0 Å². The molecule has 0 radical (unpaired) electrons. The molecule has 94 valence electrons. The summed E-state index contributed by atoms with van der Waals surface area (Å²) < 4.78 is 0. The second-order valence-electron chi connectivity index (χ2n) is 4.98. The van der Waals surface area contributed by atoms with E-state index in [4.69, 9.17) is 5.73 Å². The number of nitrogens with two attached hydrogens (primary N) is 1. The van der Waals surface area contributed by atoms with Crippen LogP contribution in [0.5, 0.6) is 0 Å². The highest BCUT2D eigenvalue weighted by Crippen LogP contribution is 2.19. The van der Waals surface area contributed by atoms with Crippen molar-refractivity contribution >= 4 is 5.91 Å². The monoisotopic (exact) mass is 227 g/mol. The molecule has 4 heteroatoms. The Balaban J connectivity index is 2.32. The third kappa shape index (κ3) is 4.49. The second kappa shape index (κ2) is 6.86. The Morgan fingerprint density at radius 3 is 2.88 bits per heavy atom. The Kier molecular flexibility index (Phi) is 5.77. The van der Waals surface area contributed by atoms with Gasteiger partial charge in [-0.2, -0.15) is 0 Å². The van der Waals surface area contributed by atoms with E-state index in [9.17, 15) is 4.79 Å². The van der Waals surface area contributed by atoms with Gasteiger partial charge in [0.2, 0.25) is 5.91 Å². The lowest BCUT2D eigenvalue weighted by Gasteiger charge is -2.33. The van der Waals surface area contributed by atoms with Gasteiger partial charge in [-0.05, 0) is 45.8 Å². The molecule has 0 aromatic rings. The van der Waals surface area contributed by atoms with Gasteiger partial charge >= 0.3 is 0 Å². The van der Waals surface area contributed by atoms with Gasteiger partial charge in [0.15, 0.2) is 0 Å². The third-order valence-corrected chi connectivity index (χ3v) is 3.22. The first-order valence-electron chi connectivity index (χ1n) is 6.26. The highest BCUT2D eigenvalue weighted by atomic mass is 16.2. The zero-order valence-corrected chi connectivity index (χ0v) is 10.6. The number of amides is 1. The standard InChI is InChI=1S/C12H25N3O/c1-14(2)9-6-12(16)15-8-3-4-11(10-15)5-7-13/h11H,3-10,13H2,1-2H3.